The highest BCUT2D eigenvalue weighted by atomic mass is 32.1. The second-order valence-electron chi connectivity index (χ2n) is 13.0. The van der Waals surface area contributed by atoms with Gasteiger partial charge in [-0.15, -0.1) is 11.3 Å². The minimum Gasteiger partial charge on any atom is -0.310 e. The van der Waals surface area contributed by atoms with Crippen molar-refractivity contribution in [2.24, 2.45) is 0 Å². The van der Waals surface area contributed by atoms with Crippen LogP contribution in [0.2, 0.25) is 0 Å². The molecule has 1 aliphatic rings. The Morgan fingerprint density at radius 2 is 0.920 bits per heavy atom. The average Bonchev–Trinajstić information content (AvgIpc) is 3.74. The van der Waals surface area contributed by atoms with E-state index in [2.05, 4.69) is 192 Å². The standard InChI is InChI=1S/C47H32N2S/c1-4-15-34(16-5-1)48(37-25-24-33-28-32-14-10-11-21-39(32)43(33)29-37)38-26-27-41-44-31-45(40-22-12-13-23-42(40)47(44)50-46(41)30-38)49(35-17-6-2-7-18-35)36-19-8-3-9-20-36/h1-27,29-31H,28H2. The second-order valence-corrected chi connectivity index (χ2v) is 14.0. The third-order valence-corrected chi connectivity index (χ3v) is 11.2. The molecule has 9 aromatic rings. The first-order chi connectivity index (χ1) is 24.8. The predicted octanol–water partition coefficient (Wildman–Crippen LogP) is 13.7. The van der Waals surface area contributed by atoms with Crippen molar-refractivity contribution in [3.63, 3.8) is 0 Å². The molecule has 0 amide bonds. The molecule has 1 heterocycles. The minimum atomic E-state index is 0.993. The summed E-state index contributed by atoms with van der Waals surface area (Å²) in [5, 5.41) is 5.07. The number of anilines is 6. The molecule has 1 aromatic heterocycles. The maximum atomic E-state index is 2.41. The van der Waals surface area contributed by atoms with Crippen LogP contribution in [0.4, 0.5) is 34.1 Å². The van der Waals surface area contributed by atoms with Gasteiger partial charge in [-0.3, -0.25) is 0 Å². The number of fused-ring (bicyclic) bond motifs is 8. The number of benzene rings is 8. The van der Waals surface area contributed by atoms with Crippen LogP contribution >= 0.6 is 11.3 Å². The topological polar surface area (TPSA) is 6.48 Å². The molecule has 3 heteroatoms. The summed E-state index contributed by atoms with van der Waals surface area (Å²) in [6.07, 6.45) is 0.993. The Morgan fingerprint density at radius 3 is 1.64 bits per heavy atom. The van der Waals surface area contributed by atoms with Gasteiger partial charge < -0.3 is 9.80 Å². The van der Waals surface area contributed by atoms with Gasteiger partial charge in [0.1, 0.15) is 0 Å². The van der Waals surface area contributed by atoms with Crippen LogP contribution in [0.15, 0.2) is 182 Å². The molecule has 236 valence electrons. The number of thiophene rings is 1. The van der Waals surface area contributed by atoms with E-state index < -0.39 is 0 Å². The first kappa shape index (κ1) is 28.8. The van der Waals surface area contributed by atoms with E-state index in [1.807, 2.05) is 11.3 Å². The Morgan fingerprint density at radius 1 is 0.360 bits per heavy atom. The van der Waals surface area contributed by atoms with E-state index in [4.69, 9.17) is 0 Å². The van der Waals surface area contributed by atoms with Crippen molar-refractivity contribution >= 4 is 76.4 Å². The highest BCUT2D eigenvalue weighted by Gasteiger charge is 2.23. The zero-order chi connectivity index (χ0) is 33.0. The molecule has 0 bridgehead atoms. The zero-order valence-electron chi connectivity index (χ0n) is 27.3. The van der Waals surface area contributed by atoms with Crippen LogP contribution in [0.3, 0.4) is 0 Å². The Bertz CT molecular complexity index is 2640. The van der Waals surface area contributed by atoms with E-state index in [1.165, 1.54) is 64.6 Å². The van der Waals surface area contributed by atoms with Crippen LogP contribution in [0.1, 0.15) is 11.1 Å². The normalized spacial score (nSPS) is 11.9. The summed E-state index contributed by atoms with van der Waals surface area (Å²) in [5.74, 6) is 0. The van der Waals surface area contributed by atoms with Gasteiger partial charge in [-0.05, 0) is 95.4 Å². The lowest BCUT2D eigenvalue weighted by Gasteiger charge is -2.27. The minimum absolute atomic E-state index is 0.993. The number of nitrogens with zero attached hydrogens (tertiary/aromatic N) is 2. The first-order valence-corrected chi connectivity index (χ1v) is 18.0. The zero-order valence-corrected chi connectivity index (χ0v) is 28.1. The molecule has 0 atom stereocenters. The average molecular weight is 657 g/mol. The van der Waals surface area contributed by atoms with E-state index in [0.717, 1.165) is 29.2 Å². The van der Waals surface area contributed by atoms with Crippen molar-refractivity contribution in [3.8, 4) is 11.1 Å². The lowest BCUT2D eigenvalue weighted by Crippen LogP contribution is -2.10. The van der Waals surface area contributed by atoms with Crippen LogP contribution < -0.4 is 9.80 Å². The first-order valence-electron chi connectivity index (χ1n) is 17.1. The molecular formula is C47H32N2S. The van der Waals surface area contributed by atoms with Crippen molar-refractivity contribution in [1.29, 1.82) is 0 Å². The molecule has 0 saturated heterocycles. The fraction of sp³-hybridized carbons (Fsp3) is 0.0213. The monoisotopic (exact) mass is 656 g/mol. The summed E-state index contributed by atoms with van der Waals surface area (Å²) in [5.41, 5.74) is 12.4. The highest BCUT2D eigenvalue weighted by molar-refractivity contribution is 7.26. The van der Waals surface area contributed by atoms with Crippen molar-refractivity contribution in [1.82, 2.24) is 0 Å². The van der Waals surface area contributed by atoms with Crippen molar-refractivity contribution in [2.75, 3.05) is 9.80 Å². The number of para-hydroxylation sites is 3. The van der Waals surface area contributed by atoms with E-state index in [9.17, 15) is 0 Å². The lowest BCUT2D eigenvalue weighted by molar-refractivity contribution is 1.25. The summed E-state index contributed by atoms with van der Waals surface area (Å²) in [4.78, 5) is 4.80. The molecule has 0 N–H and O–H groups in total. The molecule has 0 fully saturated rings. The van der Waals surface area contributed by atoms with Crippen molar-refractivity contribution < 1.29 is 0 Å². The number of hydrogen-bond donors (Lipinski definition) is 0. The number of rotatable bonds is 6. The molecule has 0 unspecified atom stereocenters. The van der Waals surface area contributed by atoms with Crippen LogP contribution in [0.5, 0.6) is 0 Å². The molecule has 2 nitrogen and oxygen atoms in total. The molecule has 0 radical (unpaired) electrons. The Balaban J connectivity index is 1.17. The molecule has 0 aliphatic heterocycles. The van der Waals surface area contributed by atoms with Gasteiger partial charge in [0.2, 0.25) is 0 Å². The molecule has 8 aromatic carbocycles. The van der Waals surface area contributed by atoms with Gasteiger partial charge in [0.25, 0.3) is 0 Å². The Labute approximate surface area is 295 Å². The fourth-order valence-corrected chi connectivity index (χ4v) is 9.00. The highest BCUT2D eigenvalue weighted by Crippen LogP contribution is 2.48. The summed E-state index contributed by atoms with van der Waals surface area (Å²) >= 11 is 1.89. The van der Waals surface area contributed by atoms with Crippen molar-refractivity contribution in [3.05, 3.63) is 193 Å². The Kier molecular flexibility index (Phi) is 6.78. The summed E-state index contributed by atoms with van der Waals surface area (Å²) in [7, 11) is 0. The summed E-state index contributed by atoms with van der Waals surface area (Å²) in [6, 6.07) is 66.2. The van der Waals surface area contributed by atoms with Crippen LogP contribution in [-0.4, -0.2) is 0 Å². The quantitative estimate of drug-likeness (QED) is 0.176. The predicted molar refractivity (Wildman–Crippen MR) is 214 cm³/mol. The maximum Gasteiger partial charge on any atom is 0.0547 e. The lowest BCUT2D eigenvalue weighted by atomic mass is 10.0. The fourth-order valence-electron chi connectivity index (χ4n) is 7.75. The van der Waals surface area contributed by atoms with Crippen LogP contribution in [-0.2, 0) is 6.42 Å². The molecular weight excluding hydrogens is 625 g/mol. The molecule has 50 heavy (non-hydrogen) atoms. The Hall–Kier alpha value is -6.16. The maximum absolute atomic E-state index is 2.41. The van der Waals surface area contributed by atoms with Gasteiger partial charge in [-0.2, -0.15) is 0 Å². The third-order valence-electron chi connectivity index (χ3n) is 10.0. The summed E-state index contributed by atoms with van der Waals surface area (Å²) in [6.45, 7) is 0. The third kappa shape index (κ3) is 4.70. The molecule has 10 rings (SSSR count). The summed E-state index contributed by atoms with van der Waals surface area (Å²) < 4.78 is 2.59. The van der Waals surface area contributed by atoms with Gasteiger partial charge in [0, 0.05) is 59.4 Å². The smallest absolute Gasteiger partial charge is 0.0547 e. The van der Waals surface area contributed by atoms with Crippen LogP contribution in [0, 0.1) is 0 Å². The van der Waals surface area contributed by atoms with Crippen molar-refractivity contribution in [2.45, 2.75) is 6.42 Å². The molecule has 0 saturated carbocycles. The van der Waals surface area contributed by atoms with Gasteiger partial charge >= 0.3 is 0 Å². The van der Waals surface area contributed by atoms with Gasteiger partial charge in [0.05, 0.1) is 5.69 Å². The van der Waals surface area contributed by atoms with Gasteiger partial charge in [-0.25, -0.2) is 0 Å². The van der Waals surface area contributed by atoms with Crippen LogP contribution in [0.25, 0.3) is 42.1 Å². The number of hydrogen-bond acceptors (Lipinski definition) is 3. The van der Waals surface area contributed by atoms with E-state index in [-0.39, 0.29) is 0 Å². The van der Waals surface area contributed by atoms with E-state index >= 15 is 0 Å². The van der Waals surface area contributed by atoms with E-state index in [1.54, 1.807) is 0 Å². The van der Waals surface area contributed by atoms with E-state index in [0.29, 0.717) is 0 Å². The second kappa shape index (κ2) is 11.8. The SMILES string of the molecule is c1ccc(N(c2ccc3c(c2)-c2ccccc2C3)c2ccc3c(c2)sc2c4ccccc4c(N(c4ccccc4)c4ccccc4)cc32)cc1. The molecule has 1 aliphatic carbocycles. The molecule has 0 spiro atoms. The van der Waals surface area contributed by atoms with Gasteiger partial charge in [-0.1, -0.05) is 115 Å². The van der Waals surface area contributed by atoms with Gasteiger partial charge in [0.15, 0.2) is 0 Å². The largest absolute Gasteiger partial charge is 0.310 e.